The average Bonchev–Trinajstić information content (AvgIpc) is 2.62. The van der Waals surface area contributed by atoms with E-state index in [1.165, 1.54) is 11.9 Å². The quantitative estimate of drug-likeness (QED) is 0.624. The predicted molar refractivity (Wildman–Crippen MR) is 103 cm³/mol. The van der Waals surface area contributed by atoms with Crippen LogP contribution >= 0.6 is 15.9 Å². The topological polar surface area (TPSA) is 61.4 Å². The molecular weight excluding hydrogens is 439 g/mol. The molecule has 0 heterocycles. The molecule has 2 rings (SSSR count). The summed E-state index contributed by atoms with van der Waals surface area (Å²) in [6.07, 6.45) is 0. The van der Waals surface area contributed by atoms with E-state index in [9.17, 15) is 22.8 Å². The average molecular weight is 458 g/mol. The fraction of sp³-hybridized carbons (Fsp3) is 0.263. The van der Waals surface area contributed by atoms with Gasteiger partial charge in [-0.3, -0.25) is 14.5 Å². The van der Waals surface area contributed by atoms with Gasteiger partial charge in [-0.25, -0.2) is 13.2 Å². The fourth-order valence-electron chi connectivity index (χ4n) is 2.48. The molecule has 0 fully saturated rings. The van der Waals surface area contributed by atoms with Gasteiger partial charge in [-0.05, 0) is 43.8 Å². The van der Waals surface area contributed by atoms with Crippen LogP contribution in [-0.2, 0) is 9.59 Å². The van der Waals surface area contributed by atoms with Gasteiger partial charge in [0.05, 0.1) is 24.8 Å². The Bertz CT molecular complexity index is 862. The number of hydrogen-bond acceptors (Lipinski definition) is 3. The summed E-state index contributed by atoms with van der Waals surface area (Å²) < 4.78 is 40.6. The molecule has 0 saturated heterocycles. The lowest BCUT2D eigenvalue weighted by Crippen LogP contribution is -2.39. The number of likely N-dealkylation sites (N-methyl/N-ethyl adjacent to an activating group) is 1. The number of carbonyl (C=O) groups is 2. The highest BCUT2D eigenvalue weighted by molar-refractivity contribution is 9.10. The molecule has 150 valence electrons. The van der Waals surface area contributed by atoms with E-state index in [2.05, 4.69) is 26.6 Å². The van der Waals surface area contributed by atoms with Gasteiger partial charge in [0, 0.05) is 4.47 Å². The maximum absolute atomic E-state index is 13.6. The summed E-state index contributed by atoms with van der Waals surface area (Å²) in [7, 11) is 1.53. The number of carbonyl (C=O) groups excluding carboxylic acids is 2. The fourth-order valence-corrected chi connectivity index (χ4v) is 2.74. The summed E-state index contributed by atoms with van der Waals surface area (Å²) in [6, 6.07) is 8.91. The van der Waals surface area contributed by atoms with Gasteiger partial charge in [0.15, 0.2) is 17.5 Å². The number of nitrogens with zero attached hydrogens (tertiary/aromatic N) is 1. The second kappa shape index (κ2) is 9.70. The molecular formula is C19H19BrF3N3O2. The molecule has 0 aliphatic carbocycles. The molecule has 2 N–H and O–H groups in total. The number of halogens is 4. The minimum atomic E-state index is -1.66. The van der Waals surface area contributed by atoms with Gasteiger partial charge in [-0.2, -0.15) is 0 Å². The maximum Gasteiger partial charge on any atom is 0.238 e. The van der Waals surface area contributed by atoms with Gasteiger partial charge in [0.1, 0.15) is 0 Å². The first-order valence-electron chi connectivity index (χ1n) is 8.34. The van der Waals surface area contributed by atoms with Crippen molar-refractivity contribution in [3.8, 4) is 0 Å². The molecule has 1 atom stereocenters. The summed E-state index contributed by atoms with van der Waals surface area (Å²) in [4.78, 5) is 25.5. The SMILES string of the molecule is C[C@@H](NC(=O)CN(C)CC(=O)Nc1ccc(F)c(F)c1F)c1ccc(Br)cc1. The third kappa shape index (κ3) is 6.07. The Hall–Kier alpha value is -2.39. The lowest BCUT2D eigenvalue weighted by Gasteiger charge is -2.19. The first kappa shape index (κ1) is 21.9. The van der Waals surface area contributed by atoms with Crippen molar-refractivity contribution in [1.82, 2.24) is 10.2 Å². The molecule has 0 saturated carbocycles. The molecule has 2 amide bonds. The molecule has 0 aliphatic heterocycles. The number of anilines is 1. The van der Waals surface area contributed by atoms with E-state index in [4.69, 9.17) is 0 Å². The van der Waals surface area contributed by atoms with Crippen LogP contribution in [0, 0.1) is 17.5 Å². The van der Waals surface area contributed by atoms with E-state index in [-0.39, 0.29) is 25.0 Å². The van der Waals surface area contributed by atoms with E-state index in [0.717, 1.165) is 16.1 Å². The Balaban J connectivity index is 1.84. The first-order valence-corrected chi connectivity index (χ1v) is 9.13. The molecule has 28 heavy (non-hydrogen) atoms. The molecule has 0 bridgehead atoms. The molecule has 2 aromatic rings. The lowest BCUT2D eigenvalue weighted by atomic mass is 10.1. The largest absolute Gasteiger partial charge is 0.348 e. The van der Waals surface area contributed by atoms with Crippen LogP contribution < -0.4 is 10.6 Å². The molecule has 0 aromatic heterocycles. The van der Waals surface area contributed by atoms with Crippen molar-refractivity contribution >= 4 is 33.4 Å². The molecule has 9 heteroatoms. The number of benzene rings is 2. The molecule has 0 unspecified atom stereocenters. The minimum absolute atomic E-state index is 0.0749. The van der Waals surface area contributed by atoms with Gasteiger partial charge < -0.3 is 10.6 Å². The number of hydrogen-bond donors (Lipinski definition) is 2. The molecule has 0 aliphatic rings. The molecule has 0 spiro atoms. The standard InChI is InChI=1S/C19H19BrF3N3O2/c1-11(12-3-5-13(20)6-4-12)24-16(27)9-26(2)10-17(28)25-15-8-7-14(21)18(22)19(15)23/h3-8,11H,9-10H2,1-2H3,(H,24,27)(H,25,28)/t11-/m1/s1. The Kier molecular flexibility index (Phi) is 7.59. The van der Waals surface area contributed by atoms with Crippen molar-refractivity contribution in [1.29, 1.82) is 0 Å². The zero-order valence-electron chi connectivity index (χ0n) is 15.2. The van der Waals surface area contributed by atoms with E-state index in [1.54, 1.807) is 0 Å². The van der Waals surface area contributed by atoms with Gasteiger partial charge in [-0.1, -0.05) is 28.1 Å². The zero-order chi connectivity index (χ0) is 20.8. The van der Waals surface area contributed by atoms with Gasteiger partial charge in [0.2, 0.25) is 11.8 Å². The van der Waals surface area contributed by atoms with Crippen LogP contribution in [0.3, 0.4) is 0 Å². The van der Waals surface area contributed by atoms with Crippen LogP contribution in [0.5, 0.6) is 0 Å². The van der Waals surface area contributed by atoms with E-state index >= 15 is 0 Å². The van der Waals surface area contributed by atoms with Crippen molar-refractivity contribution < 1.29 is 22.8 Å². The summed E-state index contributed by atoms with van der Waals surface area (Å²) in [5.74, 6) is -5.44. The predicted octanol–water partition coefficient (Wildman–Crippen LogP) is 3.61. The normalized spacial score (nSPS) is 12.0. The zero-order valence-corrected chi connectivity index (χ0v) is 16.8. The van der Waals surface area contributed by atoms with Crippen molar-refractivity contribution in [3.63, 3.8) is 0 Å². The Morgan fingerprint density at radius 2 is 1.61 bits per heavy atom. The Labute approximate surface area is 169 Å². The lowest BCUT2D eigenvalue weighted by molar-refractivity contribution is -0.123. The second-order valence-corrected chi connectivity index (χ2v) is 7.20. The van der Waals surface area contributed by atoms with Crippen molar-refractivity contribution in [2.24, 2.45) is 0 Å². The second-order valence-electron chi connectivity index (χ2n) is 6.28. The molecule has 0 radical (unpaired) electrons. The number of amides is 2. The number of rotatable bonds is 7. The summed E-state index contributed by atoms with van der Waals surface area (Å²) >= 11 is 3.34. The van der Waals surface area contributed by atoms with Crippen molar-refractivity contribution in [3.05, 3.63) is 63.9 Å². The summed E-state index contributed by atoms with van der Waals surface area (Å²) in [5, 5.41) is 4.97. The van der Waals surface area contributed by atoms with E-state index in [0.29, 0.717) is 6.07 Å². The summed E-state index contributed by atoms with van der Waals surface area (Å²) in [5.41, 5.74) is 0.455. The van der Waals surface area contributed by atoms with E-state index < -0.39 is 29.0 Å². The van der Waals surface area contributed by atoms with Crippen LogP contribution in [-0.4, -0.2) is 36.9 Å². The van der Waals surface area contributed by atoms with Crippen LogP contribution in [0.15, 0.2) is 40.9 Å². The van der Waals surface area contributed by atoms with Gasteiger partial charge in [0.25, 0.3) is 0 Å². The van der Waals surface area contributed by atoms with Gasteiger partial charge in [-0.15, -0.1) is 0 Å². The third-order valence-corrected chi connectivity index (χ3v) is 4.41. The van der Waals surface area contributed by atoms with Gasteiger partial charge >= 0.3 is 0 Å². The highest BCUT2D eigenvalue weighted by atomic mass is 79.9. The number of nitrogens with one attached hydrogen (secondary N) is 2. The van der Waals surface area contributed by atoms with Crippen LogP contribution in [0.4, 0.5) is 18.9 Å². The highest BCUT2D eigenvalue weighted by Gasteiger charge is 2.17. The minimum Gasteiger partial charge on any atom is -0.348 e. The van der Waals surface area contributed by atoms with Crippen LogP contribution in [0.2, 0.25) is 0 Å². The van der Waals surface area contributed by atoms with Crippen LogP contribution in [0.1, 0.15) is 18.5 Å². The monoisotopic (exact) mass is 457 g/mol. The molecule has 2 aromatic carbocycles. The first-order chi connectivity index (χ1) is 13.2. The van der Waals surface area contributed by atoms with E-state index in [1.807, 2.05) is 31.2 Å². The molecule has 5 nitrogen and oxygen atoms in total. The highest BCUT2D eigenvalue weighted by Crippen LogP contribution is 2.19. The third-order valence-electron chi connectivity index (χ3n) is 3.88. The smallest absolute Gasteiger partial charge is 0.238 e. The van der Waals surface area contributed by atoms with Crippen molar-refractivity contribution in [2.75, 3.05) is 25.5 Å². The summed E-state index contributed by atoms with van der Waals surface area (Å²) in [6.45, 7) is 1.52. The van der Waals surface area contributed by atoms with Crippen LogP contribution in [0.25, 0.3) is 0 Å². The maximum atomic E-state index is 13.6. The van der Waals surface area contributed by atoms with Crippen molar-refractivity contribution in [2.45, 2.75) is 13.0 Å². The Morgan fingerprint density at radius 1 is 1.00 bits per heavy atom. The Morgan fingerprint density at radius 3 is 2.25 bits per heavy atom.